The van der Waals surface area contributed by atoms with Crippen LogP contribution in [0.2, 0.25) is 5.02 Å². The molecule has 2 heterocycles. The Labute approximate surface area is 162 Å². The average molecular weight is 417 g/mol. The van der Waals surface area contributed by atoms with Crippen LogP contribution in [0.4, 0.5) is 5.69 Å². The molecule has 9 heteroatoms. The van der Waals surface area contributed by atoms with E-state index >= 15 is 0 Å². The summed E-state index contributed by atoms with van der Waals surface area (Å²) >= 11 is 7.61. The lowest BCUT2D eigenvalue weighted by molar-refractivity contribution is -0.117. The molecule has 0 aliphatic carbocycles. The number of carbonyl (C=O) groups excluding carboxylic acids is 1. The number of benzene rings is 1. The molecule has 1 aromatic rings. The van der Waals surface area contributed by atoms with Crippen molar-refractivity contribution in [1.29, 1.82) is 0 Å². The maximum absolute atomic E-state index is 12.2. The minimum atomic E-state index is -3.10. The molecule has 142 valence electrons. The van der Waals surface area contributed by atoms with E-state index in [1.54, 1.807) is 12.1 Å². The topological polar surface area (TPSA) is 76.0 Å². The van der Waals surface area contributed by atoms with Crippen LogP contribution in [-0.2, 0) is 14.6 Å². The number of halogens is 1. The first-order valence-electron chi connectivity index (χ1n) is 8.46. The van der Waals surface area contributed by atoms with Crippen LogP contribution in [0.1, 0.15) is 26.2 Å². The summed E-state index contributed by atoms with van der Waals surface area (Å²) in [6.07, 6.45) is 2.10. The fourth-order valence-electron chi connectivity index (χ4n) is 3.16. The number of amides is 1. The Morgan fingerprint density at radius 2 is 2.19 bits per heavy atom. The highest BCUT2D eigenvalue weighted by Gasteiger charge is 2.49. The Balaban J connectivity index is 1.96. The Kier molecular flexibility index (Phi) is 5.84. The van der Waals surface area contributed by atoms with Crippen LogP contribution < -0.4 is 9.64 Å². The van der Waals surface area contributed by atoms with E-state index in [2.05, 4.69) is 4.99 Å². The Bertz CT molecular complexity index is 841. The molecule has 2 saturated heterocycles. The summed E-state index contributed by atoms with van der Waals surface area (Å²) in [5, 5.41) is 0.854. The van der Waals surface area contributed by atoms with Crippen LogP contribution in [0, 0.1) is 0 Å². The largest absolute Gasteiger partial charge is 0.495 e. The second-order valence-corrected chi connectivity index (χ2v) is 10.1. The van der Waals surface area contributed by atoms with Crippen LogP contribution >= 0.6 is 23.4 Å². The zero-order chi connectivity index (χ0) is 18.9. The number of fused-ring (bicyclic) bond motifs is 1. The second kappa shape index (κ2) is 7.78. The van der Waals surface area contributed by atoms with Crippen molar-refractivity contribution in [1.82, 2.24) is 0 Å². The highest BCUT2D eigenvalue weighted by Crippen LogP contribution is 2.42. The first-order valence-corrected chi connectivity index (χ1v) is 11.5. The molecule has 6 nitrogen and oxygen atoms in total. The summed E-state index contributed by atoms with van der Waals surface area (Å²) in [5.41, 5.74) is 0.718. The maximum atomic E-state index is 12.2. The van der Waals surface area contributed by atoms with Crippen molar-refractivity contribution in [2.45, 2.75) is 37.5 Å². The van der Waals surface area contributed by atoms with Crippen molar-refractivity contribution in [2.24, 2.45) is 4.99 Å². The number of sulfone groups is 1. The van der Waals surface area contributed by atoms with Crippen LogP contribution in [-0.4, -0.2) is 49.4 Å². The highest BCUT2D eigenvalue weighted by molar-refractivity contribution is 8.16. The van der Waals surface area contributed by atoms with Gasteiger partial charge in [0, 0.05) is 17.4 Å². The average Bonchev–Trinajstić information content (AvgIpc) is 3.03. The number of ether oxygens (including phenoxy) is 1. The Morgan fingerprint density at radius 3 is 2.85 bits per heavy atom. The minimum absolute atomic E-state index is 0.0521. The van der Waals surface area contributed by atoms with Gasteiger partial charge in [-0.15, -0.1) is 0 Å². The van der Waals surface area contributed by atoms with Gasteiger partial charge in [0.15, 0.2) is 15.0 Å². The fourth-order valence-corrected chi connectivity index (χ4v) is 7.35. The predicted molar refractivity (Wildman–Crippen MR) is 106 cm³/mol. The molecular weight excluding hydrogens is 396 g/mol. The molecule has 1 amide bonds. The first kappa shape index (κ1) is 19.5. The third-order valence-electron chi connectivity index (χ3n) is 4.44. The van der Waals surface area contributed by atoms with Gasteiger partial charge in [-0.2, -0.15) is 4.99 Å². The summed E-state index contributed by atoms with van der Waals surface area (Å²) in [4.78, 5) is 18.3. The number of hydrogen-bond acceptors (Lipinski definition) is 5. The zero-order valence-electron chi connectivity index (χ0n) is 14.6. The van der Waals surface area contributed by atoms with Crippen molar-refractivity contribution >= 4 is 50.0 Å². The smallest absolute Gasteiger partial charge is 0.248 e. The van der Waals surface area contributed by atoms with Crippen molar-refractivity contribution in [3.8, 4) is 5.75 Å². The van der Waals surface area contributed by atoms with Crippen molar-refractivity contribution in [3.63, 3.8) is 0 Å². The van der Waals surface area contributed by atoms with E-state index in [0.29, 0.717) is 22.4 Å². The molecule has 0 spiro atoms. The molecule has 2 atom stereocenters. The van der Waals surface area contributed by atoms with Gasteiger partial charge >= 0.3 is 0 Å². The molecule has 2 fully saturated rings. The number of thioether (sulfide) groups is 1. The molecule has 0 unspecified atom stereocenters. The van der Waals surface area contributed by atoms with Gasteiger partial charge in [0.1, 0.15) is 5.75 Å². The van der Waals surface area contributed by atoms with Crippen LogP contribution in [0.25, 0.3) is 0 Å². The van der Waals surface area contributed by atoms with Gasteiger partial charge in [0.2, 0.25) is 5.91 Å². The van der Waals surface area contributed by atoms with E-state index in [-0.39, 0.29) is 28.7 Å². The lowest BCUT2D eigenvalue weighted by atomic mass is 10.2. The number of hydrogen-bond donors (Lipinski definition) is 0. The van der Waals surface area contributed by atoms with Gasteiger partial charge in [-0.05, 0) is 24.6 Å². The molecule has 0 aromatic heterocycles. The monoisotopic (exact) mass is 416 g/mol. The lowest BCUT2D eigenvalue weighted by Crippen LogP contribution is -2.37. The number of anilines is 1. The van der Waals surface area contributed by atoms with Crippen molar-refractivity contribution in [2.75, 3.05) is 23.5 Å². The molecule has 2 aliphatic rings. The molecule has 3 rings (SSSR count). The minimum Gasteiger partial charge on any atom is -0.495 e. The summed E-state index contributed by atoms with van der Waals surface area (Å²) in [7, 11) is -1.56. The predicted octanol–water partition coefficient (Wildman–Crippen LogP) is 3.14. The number of rotatable bonds is 5. The summed E-state index contributed by atoms with van der Waals surface area (Å²) in [5.74, 6) is 0.513. The number of nitrogens with zero attached hydrogens (tertiary/aromatic N) is 2. The van der Waals surface area contributed by atoms with Gasteiger partial charge in [-0.25, -0.2) is 8.42 Å². The molecule has 0 saturated carbocycles. The number of unbranched alkanes of at least 4 members (excludes halogenated alkanes) is 1. The number of carbonyl (C=O) groups is 1. The van der Waals surface area contributed by atoms with Gasteiger partial charge < -0.3 is 9.64 Å². The van der Waals surface area contributed by atoms with Crippen LogP contribution in [0.3, 0.4) is 0 Å². The highest BCUT2D eigenvalue weighted by atomic mass is 35.5. The maximum Gasteiger partial charge on any atom is 0.248 e. The SMILES string of the molecule is CCCCC(=O)N=C1S[C@@H]2CS(=O)(=O)C[C@H]2N1c1ccc(OC)c(Cl)c1. The van der Waals surface area contributed by atoms with Crippen LogP contribution in [0.5, 0.6) is 5.75 Å². The van der Waals surface area contributed by atoms with Gasteiger partial charge in [0.25, 0.3) is 0 Å². The van der Waals surface area contributed by atoms with Gasteiger partial charge in [-0.3, -0.25) is 4.79 Å². The Morgan fingerprint density at radius 1 is 1.42 bits per heavy atom. The standard InChI is InChI=1S/C17H21ClN2O4S2/c1-3-4-5-16(21)19-17-20(11-6-7-14(24-2)12(18)8-11)13-9-26(22,23)10-15(13)25-17/h6-8,13,15H,3-5,9-10H2,1-2H3/t13-,15-/m1/s1. The van der Waals surface area contributed by atoms with E-state index in [1.165, 1.54) is 18.9 Å². The molecular formula is C17H21ClN2O4S2. The normalized spacial score (nSPS) is 25.5. The van der Waals surface area contributed by atoms with Crippen molar-refractivity contribution in [3.05, 3.63) is 23.2 Å². The van der Waals surface area contributed by atoms with E-state index in [9.17, 15) is 13.2 Å². The number of aliphatic imine (C=N–C) groups is 1. The molecule has 0 radical (unpaired) electrons. The molecule has 2 aliphatic heterocycles. The molecule has 26 heavy (non-hydrogen) atoms. The number of amidine groups is 1. The molecule has 0 bridgehead atoms. The first-order chi connectivity index (χ1) is 12.3. The fraction of sp³-hybridized carbons (Fsp3) is 0.529. The number of methoxy groups -OCH3 is 1. The second-order valence-electron chi connectivity index (χ2n) is 6.38. The van der Waals surface area contributed by atoms with Crippen molar-refractivity contribution < 1.29 is 17.9 Å². The summed E-state index contributed by atoms with van der Waals surface area (Å²) in [6.45, 7) is 2.02. The molecule has 1 aromatic carbocycles. The van der Waals surface area contributed by atoms with Gasteiger partial charge in [-0.1, -0.05) is 36.7 Å². The molecule has 0 N–H and O–H groups in total. The van der Waals surface area contributed by atoms with Gasteiger partial charge in [0.05, 0.1) is 29.7 Å². The van der Waals surface area contributed by atoms with E-state index in [1.807, 2.05) is 17.9 Å². The third-order valence-corrected chi connectivity index (χ3v) is 7.95. The lowest BCUT2D eigenvalue weighted by Gasteiger charge is -2.25. The van der Waals surface area contributed by atoms with E-state index in [0.717, 1.165) is 18.5 Å². The summed E-state index contributed by atoms with van der Waals surface area (Å²) < 4.78 is 29.3. The third kappa shape index (κ3) is 4.02. The van der Waals surface area contributed by atoms with E-state index in [4.69, 9.17) is 16.3 Å². The van der Waals surface area contributed by atoms with Crippen LogP contribution in [0.15, 0.2) is 23.2 Å². The Hall–Kier alpha value is -1.25. The van der Waals surface area contributed by atoms with E-state index < -0.39 is 9.84 Å². The zero-order valence-corrected chi connectivity index (χ0v) is 17.0. The summed E-state index contributed by atoms with van der Waals surface area (Å²) in [6, 6.07) is 5.02. The quantitative estimate of drug-likeness (QED) is 0.733.